The molecule has 0 amide bonds. The maximum atomic E-state index is 5.21. The molecule has 0 aliphatic rings. The number of benzene rings is 2. The zero-order chi connectivity index (χ0) is 14.8. The van der Waals surface area contributed by atoms with Crippen LogP contribution in [-0.4, -0.2) is 35.0 Å². The van der Waals surface area contributed by atoms with Crippen LogP contribution in [0.1, 0.15) is 0 Å². The SMILES string of the molecule is COc1ccc([Te](Br)(Br)c2ccc(N(C)C)cc2)cc1. The van der Waals surface area contributed by atoms with Crippen molar-refractivity contribution >= 4 is 52.2 Å². The first-order chi connectivity index (χ1) is 9.45. The quantitative estimate of drug-likeness (QED) is 0.582. The van der Waals surface area contributed by atoms with Gasteiger partial charge in [-0.2, -0.15) is 0 Å². The number of rotatable bonds is 4. The molecule has 108 valence electrons. The molecule has 2 aromatic carbocycles. The van der Waals surface area contributed by atoms with E-state index in [-0.39, 0.29) is 0 Å². The third kappa shape index (κ3) is 3.51. The molecule has 0 spiro atoms. The Labute approximate surface area is 136 Å². The second-order valence-corrected chi connectivity index (χ2v) is 28.8. The molecular formula is C15H17Br2NOTe. The van der Waals surface area contributed by atoms with Crippen LogP contribution in [0.4, 0.5) is 5.69 Å². The molecule has 0 heterocycles. The Morgan fingerprint density at radius 3 is 1.70 bits per heavy atom. The number of hydrogen-bond acceptors (Lipinski definition) is 2. The minimum absolute atomic E-state index is 0.885. The zero-order valence-corrected chi connectivity index (χ0v) is 17.1. The van der Waals surface area contributed by atoms with Gasteiger partial charge in [-0.1, -0.05) is 0 Å². The van der Waals surface area contributed by atoms with Gasteiger partial charge in [-0.3, -0.25) is 0 Å². The molecule has 20 heavy (non-hydrogen) atoms. The molecule has 0 bridgehead atoms. The first-order valence-corrected chi connectivity index (χ1v) is 18.9. The summed E-state index contributed by atoms with van der Waals surface area (Å²) in [6.45, 7) is 0. The Kier molecular flexibility index (Phi) is 5.42. The minimum atomic E-state index is -2.59. The van der Waals surface area contributed by atoms with Crippen molar-refractivity contribution in [1.82, 2.24) is 0 Å². The summed E-state index contributed by atoms with van der Waals surface area (Å²) in [5, 5.41) is 0. The second-order valence-electron chi connectivity index (χ2n) is 4.53. The third-order valence-corrected chi connectivity index (χ3v) is 18.0. The molecule has 0 aliphatic carbocycles. The Hall–Kier alpha value is -0.210. The predicted molar refractivity (Wildman–Crippen MR) is 96.6 cm³/mol. The van der Waals surface area contributed by atoms with Gasteiger partial charge in [0.1, 0.15) is 0 Å². The van der Waals surface area contributed by atoms with Gasteiger partial charge in [0.25, 0.3) is 0 Å². The van der Waals surface area contributed by atoms with Crippen molar-refractivity contribution in [2.45, 2.75) is 0 Å². The van der Waals surface area contributed by atoms with Crippen molar-refractivity contribution < 1.29 is 4.74 Å². The van der Waals surface area contributed by atoms with Crippen LogP contribution in [0.3, 0.4) is 0 Å². The molecule has 5 heteroatoms. The number of ether oxygens (including phenoxy) is 1. The predicted octanol–water partition coefficient (Wildman–Crippen LogP) is 3.11. The van der Waals surface area contributed by atoms with Crippen LogP contribution >= 0.6 is 25.5 Å². The number of methoxy groups -OCH3 is 1. The maximum absolute atomic E-state index is 5.21. The van der Waals surface area contributed by atoms with Gasteiger partial charge in [0.05, 0.1) is 0 Å². The van der Waals surface area contributed by atoms with Crippen molar-refractivity contribution in [3.05, 3.63) is 48.5 Å². The Morgan fingerprint density at radius 2 is 1.30 bits per heavy atom. The molecule has 0 aliphatic heterocycles. The van der Waals surface area contributed by atoms with Gasteiger partial charge in [-0.15, -0.1) is 0 Å². The zero-order valence-electron chi connectivity index (χ0n) is 11.6. The average molecular weight is 515 g/mol. The van der Waals surface area contributed by atoms with E-state index >= 15 is 0 Å². The Morgan fingerprint density at radius 1 is 0.850 bits per heavy atom. The first kappa shape index (κ1) is 16.2. The standard InChI is InChI=1S/C15H17Br2NOTe/c1-18(2)12-4-8-14(9-5-12)20(16,17)15-10-6-13(19-3)7-11-15/h4-11H,1-3H3. The van der Waals surface area contributed by atoms with Crippen molar-refractivity contribution in [2.75, 3.05) is 26.1 Å². The van der Waals surface area contributed by atoms with E-state index in [9.17, 15) is 0 Å². The summed E-state index contributed by atoms with van der Waals surface area (Å²) in [5.41, 5.74) is 1.21. The van der Waals surface area contributed by atoms with Gasteiger partial charge in [0, 0.05) is 0 Å². The van der Waals surface area contributed by atoms with Crippen molar-refractivity contribution in [3.63, 3.8) is 0 Å². The van der Waals surface area contributed by atoms with E-state index in [4.69, 9.17) is 4.74 Å². The molecule has 0 saturated heterocycles. The van der Waals surface area contributed by atoms with Crippen LogP contribution < -0.4 is 16.9 Å². The summed E-state index contributed by atoms with van der Waals surface area (Å²) < 4.78 is 7.86. The fraction of sp³-hybridized carbons (Fsp3) is 0.200. The molecular weight excluding hydrogens is 498 g/mol. The molecule has 2 rings (SSSR count). The molecule has 2 nitrogen and oxygen atoms in total. The van der Waals surface area contributed by atoms with E-state index in [1.54, 1.807) is 7.11 Å². The summed E-state index contributed by atoms with van der Waals surface area (Å²) in [7, 11) is 5.79. The number of anilines is 1. The summed E-state index contributed by atoms with van der Waals surface area (Å²) >= 11 is 5.33. The van der Waals surface area contributed by atoms with Crippen LogP contribution in [0.2, 0.25) is 0 Å². The molecule has 0 fully saturated rings. The normalized spacial score (nSPS) is 12.1. The summed E-state index contributed by atoms with van der Waals surface area (Å²) in [6.07, 6.45) is 0. The molecule has 0 N–H and O–H groups in total. The van der Waals surface area contributed by atoms with E-state index in [0.717, 1.165) is 5.75 Å². The second kappa shape index (κ2) is 6.70. The fourth-order valence-electron chi connectivity index (χ4n) is 1.80. The van der Waals surface area contributed by atoms with Crippen LogP contribution in [0.15, 0.2) is 48.5 Å². The molecule has 0 unspecified atom stereocenters. The van der Waals surface area contributed by atoms with Crippen molar-refractivity contribution in [3.8, 4) is 5.75 Å². The Bertz CT molecular complexity index is 567. The fourth-order valence-corrected chi connectivity index (χ4v) is 11.1. The van der Waals surface area contributed by atoms with E-state index < -0.39 is 13.8 Å². The molecule has 0 radical (unpaired) electrons. The number of nitrogens with zero attached hydrogens (tertiary/aromatic N) is 1. The summed E-state index contributed by atoms with van der Waals surface area (Å²) in [4.78, 5) is 2.11. The third-order valence-electron chi connectivity index (χ3n) is 3.00. The van der Waals surface area contributed by atoms with Crippen LogP contribution in [0, 0.1) is 0 Å². The van der Waals surface area contributed by atoms with Gasteiger partial charge in [0.2, 0.25) is 0 Å². The summed E-state index contributed by atoms with van der Waals surface area (Å²) in [6, 6.07) is 17.0. The van der Waals surface area contributed by atoms with Crippen LogP contribution in [-0.2, 0) is 0 Å². The monoisotopic (exact) mass is 515 g/mol. The molecule has 2 aromatic rings. The van der Waals surface area contributed by atoms with E-state index in [0.29, 0.717) is 0 Å². The van der Waals surface area contributed by atoms with E-state index in [2.05, 4.69) is 80.9 Å². The van der Waals surface area contributed by atoms with Gasteiger partial charge < -0.3 is 0 Å². The Balaban J connectivity index is 2.32. The molecule has 0 atom stereocenters. The molecule has 0 aromatic heterocycles. The molecule has 0 saturated carbocycles. The first-order valence-electron chi connectivity index (χ1n) is 6.09. The van der Waals surface area contributed by atoms with Gasteiger partial charge in [0.15, 0.2) is 0 Å². The van der Waals surface area contributed by atoms with Gasteiger partial charge in [-0.05, 0) is 0 Å². The van der Waals surface area contributed by atoms with Gasteiger partial charge >= 0.3 is 137 Å². The topological polar surface area (TPSA) is 12.5 Å². The van der Waals surface area contributed by atoms with E-state index in [1.165, 1.54) is 12.9 Å². The van der Waals surface area contributed by atoms with Crippen molar-refractivity contribution in [1.29, 1.82) is 0 Å². The van der Waals surface area contributed by atoms with Crippen LogP contribution in [0.25, 0.3) is 0 Å². The van der Waals surface area contributed by atoms with E-state index in [1.807, 2.05) is 12.1 Å². The summed E-state index contributed by atoms with van der Waals surface area (Å²) in [5.74, 6) is 0.885. The average Bonchev–Trinajstić information content (AvgIpc) is 2.47. The van der Waals surface area contributed by atoms with Crippen molar-refractivity contribution in [2.24, 2.45) is 0 Å². The number of hydrogen-bond donors (Lipinski definition) is 0. The number of halogens is 2. The van der Waals surface area contributed by atoms with Gasteiger partial charge in [-0.25, -0.2) is 0 Å². The van der Waals surface area contributed by atoms with Crippen LogP contribution in [0.5, 0.6) is 5.75 Å².